The normalized spacial score (nSPS) is 24.4. The second kappa shape index (κ2) is 4.66. The Morgan fingerprint density at radius 3 is 2.94 bits per heavy atom. The minimum atomic E-state index is -0.00731. The van der Waals surface area contributed by atoms with E-state index in [2.05, 4.69) is 0 Å². The maximum Gasteiger partial charge on any atom is 0.168 e. The van der Waals surface area contributed by atoms with Crippen LogP contribution in [0.15, 0.2) is 24.3 Å². The molecule has 3 nitrogen and oxygen atoms in total. The second-order valence-corrected chi connectivity index (χ2v) is 4.07. The lowest BCUT2D eigenvalue weighted by molar-refractivity contribution is 0.0764. The molecule has 86 valence electrons. The highest BCUT2D eigenvalue weighted by Gasteiger charge is 2.31. The fraction of sp³-hybridized carbons (Fsp3) is 0.462. The topological polar surface area (TPSA) is 35.5 Å². The van der Waals surface area contributed by atoms with E-state index in [9.17, 15) is 4.79 Å². The van der Waals surface area contributed by atoms with Gasteiger partial charge in [0.05, 0.1) is 19.1 Å². The van der Waals surface area contributed by atoms with Gasteiger partial charge >= 0.3 is 0 Å². The predicted octanol–water partition coefficient (Wildman–Crippen LogP) is 2.30. The molecule has 0 aromatic heterocycles. The van der Waals surface area contributed by atoms with Crippen molar-refractivity contribution in [3.8, 4) is 5.75 Å². The van der Waals surface area contributed by atoms with Crippen LogP contribution in [0.4, 0.5) is 0 Å². The minimum absolute atomic E-state index is 0.00731. The van der Waals surface area contributed by atoms with E-state index in [0.717, 1.165) is 12.2 Å². The minimum Gasteiger partial charge on any atom is -0.497 e. The third-order valence-electron chi connectivity index (χ3n) is 3.07. The molecule has 2 rings (SSSR count). The Morgan fingerprint density at radius 1 is 1.50 bits per heavy atom. The quantitative estimate of drug-likeness (QED) is 0.733. The number of hydrogen-bond donors (Lipinski definition) is 0. The van der Waals surface area contributed by atoms with Crippen LogP contribution in [0.25, 0.3) is 0 Å². The number of rotatable bonds is 3. The van der Waals surface area contributed by atoms with Gasteiger partial charge in [-0.3, -0.25) is 4.79 Å². The molecule has 2 unspecified atom stereocenters. The zero-order valence-electron chi connectivity index (χ0n) is 9.60. The summed E-state index contributed by atoms with van der Waals surface area (Å²) in [6, 6.07) is 7.29. The molecule has 1 heterocycles. The van der Waals surface area contributed by atoms with Crippen molar-refractivity contribution in [2.75, 3.05) is 13.7 Å². The van der Waals surface area contributed by atoms with Gasteiger partial charge in [0, 0.05) is 12.2 Å². The van der Waals surface area contributed by atoms with Gasteiger partial charge in [-0.25, -0.2) is 0 Å². The summed E-state index contributed by atoms with van der Waals surface area (Å²) in [7, 11) is 1.60. The Bertz CT molecular complexity index is 387. The third kappa shape index (κ3) is 2.09. The highest BCUT2D eigenvalue weighted by atomic mass is 16.5. The molecule has 1 aromatic carbocycles. The van der Waals surface area contributed by atoms with E-state index in [1.807, 2.05) is 25.1 Å². The molecule has 0 bridgehead atoms. The van der Waals surface area contributed by atoms with Crippen LogP contribution >= 0.6 is 0 Å². The second-order valence-electron chi connectivity index (χ2n) is 4.07. The van der Waals surface area contributed by atoms with Gasteiger partial charge in [0.25, 0.3) is 0 Å². The van der Waals surface area contributed by atoms with Crippen LogP contribution in [0.1, 0.15) is 23.7 Å². The number of ketones is 1. The van der Waals surface area contributed by atoms with Crippen LogP contribution in [0.5, 0.6) is 5.75 Å². The van der Waals surface area contributed by atoms with Crippen molar-refractivity contribution in [3.63, 3.8) is 0 Å². The number of methoxy groups -OCH3 is 1. The Hall–Kier alpha value is -1.35. The molecule has 16 heavy (non-hydrogen) atoms. The maximum absolute atomic E-state index is 12.2. The van der Waals surface area contributed by atoms with Crippen molar-refractivity contribution in [1.82, 2.24) is 0 Å². The number of Topliss-reactive ketones (excluding diaryl/α,β-unsaturated/α-hetero) is 1. The maximum atomic E-state index is 12.2. The number of ether oxygens (including phenoxy) is 2. The summed E-state index contributed by atoms with van der Waals surface area (Å²) in [6.45, 7) is 2.64. The zero-order valence-corrected chi connectivity index (χ0v) is 9.60. The van der Waals surface area contributed by atoms with Crippen molar-refractivity contribution in [2.24, 2.45) is 5.92 Å². The van der Waals surface area contributed by atoms with E-state index in [-0.39, 0.29) is 17.8 Å². The van der Waals surface area contributed by atoms with Gasteiger partial charge < -0.3 is 9.47 Å². The van der Waals surface area contributed by atoms with E-state index >= 15 is 0 Å². The molecule has 0 amide bonds. The fourth-order valence-electron chi connectivity index (χ4n) is 2.07. The fourth-order valence-corrected chi connectivity index (χ4v) is 2.07. The Balaban J connectivity index is 2.19. The largest absolute Gasteiger partial charge is 0.497 e. The molecule has 0 spiro atoms. The van der Waals surface area contributed by atoms with Crippen LogP contribution in [-0.4, -0.2) is 25.6 Å². The highest BCUT2D eigenvalue weighted by molar-refractivity contribution is 5.98. The first-order chi connectivity index (χ1) is 7.72. The third-order valence-corrected chi connectivity index (χ3v) is 3.07. The Morgan fingerprint density at radius 2 is 2.31 bits per heavy atom. The van der Waals surface area contributed by atoms with Gasteiger partial charge in [-0.1, -0.05) is 12.1 Å². The average molecular weight is 220 g/mol. The standard InChI is InChI=1S/C13H16O3/c1-9-12(6-7-16-9)13(14)10-4-3-5-11(8-10)15-2/h3-5,8-9,12H,6-7H2,1-2H3. The van der Waals surface area contributed by atoms with Crippen LogP contribution in [-0.2, 0) is 4.74 Å². The smallest absolute Gasteiger partial charge is 0.168 e. The van der Waals surface area contributed by atoms with E-state index in [1.54, 1.807) is 13.2 Å². The summed E-state index contributed by atoms with van der Waals surface area (Å²) < 4.78 is 10.5. The summed E-state index contributed by atoms with van der Waals surface area (Å²) in [5.41, 5.74) is 0.710. The van der Waals surface area contributed by atoms with Gasteiger partial charge in [-0.2, -0.15) is 0 Å². The lowest BCUT2D eigenvalue weighted by Crippen LogP contribution is -2.21. The van der Waals surface area contributed by atoms with Crippen LogP contribution in [0, 0.1) is 5.92 Å². The Labute approximate surface area is 95.4 Å². The van der Waals surface area contributed by atoms with Crippen LogP contribution in [0.2, 0.25) is 0 Å². The highest BCUT2D eigenvalue weighted by Crippen LogP contribution is 2.25. The molecule has 1 aliphatic rings. The summed E-state index contributed by atoms with van der Waals surface area (Å²) in [5.74, 6) is 0.869. The molecule has 0 radical (unpaired) electrons. The first kappa shape index (κ1) is 11.1. The zero-order chi connectivity index (χ0) is 11.5. The molecule has 2 atom stereocenters. The molecule has 1 aliphatic heterocycles. The summed E-state index contributed by atoms with van der Waals surface area (Å²) in [5, 5.41) is 0. The van der Waals surface area contributed by atoms with Gasteiger partial charge in [0.15, 0.2) is 5.78 Å². The van der Waals surface area contributed by atoms with Crippen molar-refractivity contribution in [2.45, 2.75) is 19.4 Å². The average Bonchev–Trinajstić information content (AvgIpc) is 2.74. The molecule has 0 saturated carbocycles. The Kier molecular flexibility index (Phi) is 3.25. The monoisotopic (exact) mass is 220 g/mol. The lowest BCUT2D eigenvalue weighted by atomic mass is 9.92. The van der Waals surface area contributed by atoms with E-state index in [4.69, 9.17) is 9.47 Å². The van der Waals surface area contributed by atoms with Gasteiger partial charge in [0.1, 0.15) is 5.75 Å². The molecule has 0 N–H and O–H groups in total. The molecular formula is C13H16O3. The van der Waals surface area contributed by atoms with E-state index in [0.29, 0.717) is 12.2 Å². The molecule has 1 aromatic rings. The van der Waals surface area contributed by atoms with Gasteiger partial charge in [0.2, 0.25) is 0 Å². The number of hydrogen-bond acceptors (Lipinski definition) is 3. The van der Waals surface area contributed by atoms with Crippen LogP contribution in [0.3, 0.4) is 0 Å². The summed E-state index contributed by atoms with van der Waals surface area (Å²) in [6.07, 6.45) is 0.843. The molecular weight excluding hydrogens is 204 g/mol. The molecule has 0 aliphatic carbocycles. The van der Waals surface area contributed by atoms with E-state index in [1.165, 1.54) is 0 Å². The number of carbonyl (C=O) groups excluding carboxylic acids is 1. The van der Waals surface area contributed by atoms with Crippen molar-refractivity contribution >= 4 is 5.78 Å². The summed E-state index contributed by atoms with van der Waals surface area (Å²) in [4.78, 5) is 12.2. The SMILES string of the molecule is COc1cccc(C(=O)C2CCOC2C)c1. The van der Waals surface area contributed by atoms with Crippen LogP contribution < -0.4 is 4.74 Å². The lowest BCUT2D eigenvalue weighted by Gasteiger charge is -2.13. The van der Waals surface area contributed by atoms with Gasteiger partial charge in [-0.15, -0.1) is 0 Å². The van der Waals surface area contributed by atoms with Crippen molar-refractivity contribution in [1.29, 1.82) is 0 Å². The van der Waals surface area contributed by atoms with Crippen molar-refractivity contribution in [3.05, 3.63) is 29.8 Å². The molecule has 1 fully saturated rings. The molecule has 3 heteroatoms. The first-order valence-corrected chi connectivity index (χ1v) is 5.52. The molecule has 1 saturated heterocycles. The predicted molar refractivity (Wildman–Crippen MR) is 60.8 cm³/mol. The first-order valence-electron chi connectivity index (χ1n) is 5.52. The summed E-state index contributed by atoms with van der Waals surface area (Å²) >= 11 is 0. The van der Waals surface area contributed by atoms with Crippen molar-refractivity contribution < 1.29 is 14.3 Å². The number of benzene rings is 1. The van der Waals surface area contributed by atoms with Gasteiger partial charge in [-0.05, 0) is 25.5 Å². The van der Waals surface area contributed by atoms with E-state index < -0.39 is 0 Å². The number of carbonyl (C=O) groups is 1.